The predicted molar refractivity (Wildman–Crippen MR) is 198 cm³/mol. The first-order valence-corrected chi connectivity index (χ1v) is 18.6. The van der Waals surface area contributed by atoms with Gasteiger partial charge in [0, 0.05) is 25.7 Å². The number of aryl methyl sites for hydroxylation is 5. The van der Waals surface area contributed by atoms with Gasteiger partial charge in [-0.1, -0.05) is 112 Å². The van der Waals surface area contributed by atoms with Crippen LogP contribution in [-0.2, 0) is 51.4 Å². The van der Waals surface area contributed by atoms with Gasteiger partial charge in [0.2, 0.25) is 0 Å². The Balaban J connectivity index is 2.66. The van der Waals surface area contributed by atoms with Crippen LogP contribution in [0, 0.1) is 23.7 Å². The number of benzene rings is 3. The lowest BCUT2D eigenvalue weighted by molar-refractivity contribution is 0.830. The van der Waals surface area contributed by atoms with Gasteiger partial charge in [0.15, 0.2) is 0 Å². The fourth-order valence-corrected chi connectivity index (χ4v) is 7.41. The maximum Gasteiger partial charge on any atom is 0.0346 e. The molecule has 0 aliphatic rings. The van der Waals surface area contributed by atoms with E-state index in [1.165, 1.54) is 66.8 Å². The molecule has 0 N–H and O–H groups in total. The Kier molecular flexibility index (Phi) is 15.4. The topological polar surface area (TPSA) is 0 Å². The molecular weight excluding hydrogens is 528 g/mol. The van der Waals surface area contributed by atoms with E-state index in [1.54, 1.807) is 44.2 Å². The Bertz CT molecular complexity index is 1490. The van der Waals surface area contributed by atoms with Crippen molar-refractivity contribution >= 4 is 21.5 Å². The van der Waals surface area contributed by atoms with Crippen LogP contribution in [0.1, 0.15) is 164 Å². The Hall–Kier alpha value is -2.70. The molecule has 44 heavy (non-hydrogen) atoms. The third-order valence-electron chi connectivity index (χ3n) is 9.11. The van der Waals surface area contributed by atoms with Crippen molar-refractivity contribution in [3.63, 3.8) is 0 Å². The van der Waals surface area contributed by atoms with Crippen LogP contribution in [-0.4, -0.2) is 0 Å². The molecule has 0 saturated carbocycles. The third kappa shape index (κ3) is 8.31. The van der Waals surface area contributed by atoms with E-state index < -0.39 is 0 Å². The molecule has 0 spiro atoms. The summed E-state index contributed by atoms with van der Waals surface area (Å²) < 4.78 is 0. The lowest BCUT2D eigenvalue weighted by Gasteiger charge is -2.26. The fourth-order valence-electron chi connectivity index (χ4n) is 7.41. The van der Waals surface area contributed by atoms with Gasteiger partial charge < -0.3 is 0 Å². The smallest absolute Gasteiger partial charge is 0.0346 e. The van der Waals surface area contributed by atoms with E-state index >= 15 is 0 Å². The molecule has 3 aromatic rings. The van der Waals surface area contributed by atoms with Gasteiger partial charge in [-0.3, -0.25) is 0 Å². The van der Waals surface area contributed by atoms with Gasteiger partial charge in [-0.2, -0.15) is 0 Å². The molecule has 0 unspecified atom stereocenters. The van der Waals surface area contributed by atoms with Crippen LogP contribution in [0.15, 0.2) is 12.1 Å². The average Bonchev–Trinajstić information content (AvgIpc) is 3.01. The largest absolute Gasteiger partial charge is 0.103 e. The molecule has 0 aromatic heterocycles. The molecule has 0 amide bonds. The summed E-state index contributed by atoms with van der Waals surface area (Å²) in [5.41, 5.74) is 12.7. The van der Waals surface area contributed by atoms with E-state index in [0.717, 1.165) is 70.6 Å². The first kappa shape index (κ1) is 35.8. The number of hydrogen-bond acceptors (Lipinski definition) is 0. The number of unbranched alkanes of at least 4 members (excludes halogenated alkanes) is 2. The minimum Gasteiger partial charge on any atom is -0.103 e. The molecule has 3 rings (SSSR count). The van der Waals surface area contributed by atoms with Gasteiger partial charge in [0.05, 0.1) is 0 Å². The zero-order valence-electron chi connectivity index (χ0n) is 29.9. The average molecular weight is 591 g/mol. The monoisotopic (exact) mass is 590 g/mol. The van der Waals surface area contributed by atoms with E-state index in [4.69, 9.17) is 0 Å². The zero-order chi connectivity index (χ0) is 31.9. The highest BCUT2D eigenvalue weighted by molar-refractivity contribution is 6.07. The highest BCUT2D eigenvalue weighted by Gasteiger charge is 2.24. The summed E-state index contributed by atoms with van der Waals surface area (Å²) in [7, 11) is 0. The number of fused-ring (bicyclic) bond motifs is 2. The first-order valence-electron chi connectivity index (χ1n) is 18.6. The molecule has 0 atom stereocenters. The third-order valence-corrected chi connectivity index (χ3v) is 9.11. The molecule has 0 radical (unpaired) electrons. The number of rotatable bonds is 16. The van der Waals surface area contributed by atoms with Crippen molar-refractivity contribution in [2.45, 2.75) is 171 Å². The predicted octanol–water partition coefficient (Wildman–Crippen LogP) is 12.4. The van der Waals surface area contributed by atoms with Gasteiger partial charge in [0.25, 0.3) is 0 Å². The van der Waals surface area contributed by atoms with Crippen LogP contribution in [0.3, 0.4) is 0 Å². The summed E-state index contributed by atoms with van der Waals surface area (Å²) in [5, 5.41) is 6.20. The van der Waals surface area contributed by atoms with Crippen LogP contribution in [0.25, 0.3) is 21.5 Å². The molecule has 0 aliphatic heterocycles. The standard InChI is InChI=1S/C44H62/c1-9-17-19-21-29-37-36(25-13-5)42-32-34-31-33(23-11-3)35(24-12-4)39(26-14-6)43(34)41(28-16-8)44(42)40(27-15-7)38(37)30-22-20-18-10-2/h31-32H,9-18,23-30H2,1-8H3. The molecule has 0 heteroatoms. The second-order valence-electron chi connectivity index (χ2n) is 12.8. The maximum absolute atomic E-state index is 3.65. The van der Waals surface area contributed by atoms with Gasteiger partial charge in [-0.15, -0.1) is 11.8 Å². The summed E-state index contributed by atoms with van der Waals surface area (Å²) in [6.45, 7) is 18.6. The summed E-state index contributed by atoms with van der Waals surface area (Å²) in [6.07, 6.45) is 19.9. The van der Waals surface area contributed by atoms with Gasteiger partial charge in [-0.05, 0) is 123 Å². The molecule has 238 valence electrons. The van der Waals surface area contributed by atoms with E-state index in [1.807, 2.05) is 0 Å². The van der Waals surface area contributed by atoms with Crippen LogP contribution >= 0.6 is 0 Å². The second kappa shape index (κ2) is 19.0. The minimum atomic E-state index is 0.853. The van der Waals surface area contributed by atoms with E-state index in [9.17, 15) is 0 Å². The normalized spacial score (nSPS) is 11.1. The van der Waals surface area contributed by atoms with Crippen LogP contribution in [0.5, 0.6) is 0 Å². The van der Waals surface area contributed by atoms with Crippen molar-refractivity contribution in [1.29, 1.82) is 0 Å². The summed E-state index contributed by atoms with van der Waals surface area (Å²) >= 11 is 0. The maximum atomic E-state index is 3.65. The van der Waals surface area contributed by atoms with Gasteiger partial charge in [0.1, 0.15) is 0 Å². The molecule has 0 heterocycles. The van der Waals surface area contributed by atoms with Crippen LogP contribution < -0.4 is 0 Å². The van der Waals surface area contributed by atoms with Crippen LogP contribution in [0.2, 0.25) is 0 Å². The summed E-state index contributed by atoms with van der Waals surface area (Å²) in [5.74, 6) is 14.3. The molecular formula is C44H62. The summed E-state index contributed by atoms with van der Waals surface area (Å²) in [4.78, 5) is 0. The SMILES string of the molecule is CCCC#CCc1c(CC#CCCC)c(CCC)c2c(CCC)c3c(CCC)c(CCC)c(CCC)cc3cc2c1CCC. The van der Waals surface area contributed by atoms with E-state index in [2.05, 4.69) is 91.2 Å². The van der Waals surface area contributed by atoms with Gasteiger partial charge in [-0.25, -0.2) is 0 Å². The quantitative estimate of drug-likeness (QED) is 0.115. The van der Waals surface area contributed by atoms with Crippen molar-refractivity contribution in [2.75, 3.05) is 0 Å². The Morgan fingerprint density at radius 1 is 0.386 bits per heavy atom. The Morgan fingerprint density at radius 3 is 1.36 bits per heavy atom. The lowest BCUT2D eigenvalue weighted by atomic mass is 9.77. The summed E-state index contributed by atoms with van der Waals surface area (Å²) in [6, 6.07) is 5.25. The van der Waals surface area contributed by atoms with Gasteiger partial charge >= 0.3 is 0 Å². The minimum absolute atomic E-state index is 0.853. The Morgan fingerprint density at radius 2 is 0.841 bits per heavy atom. The number of hydrogen-bond donors (Lipinski definition) is 0. The zero-order valence-corrected chi connectivity index (χ0v) is 29.9. The molecule has 0 nitrogen and oxygen atoms in total. The van der Waals surface area contributed by atoms with Crippen molar-refractivity contribution < 1.29 is 0 Å². The first-order chi connectivity index (χ1) is 21.6. The van der Waals surface area contributed by atoms with E-state index in [-0.39, 0.29) is 0 Å². The van der Waals surface area contributed by atoms with Crippen molar-refractivity contribution in [2.24, 2.45) is 0 Å². The second-order valence-corrected chi connectivity index (χ2v) is 12.8. The highest BCUT2D eigenvalue weighted by Crippen LogP contribution is 2.42. The van der Waals surface area contributed by atoms with E-state index in [0.29, 0.717) is 0 Å². The van der Waals surface area contributed by atoms with Crippen molar-refractivity contribution in [1.82, 2.24) is 0 Å². The van der Waals surface area contributed by atoms with Crippen molar-refractivity contribution in [3.8, 4) is 23.7 Å². The van der Waals surface area contributed by atoms with Crippen molar-refractivity contribution in [3.05, 3.63) is 56.6 Å². The molecule has 3 aromatic carbocycles. The fraction of sp³-hybridized carbons (Fsp3) is 0.591. The molecule has 0 fully saturated rings. The molecule has 0 bridgehead atoms. The van der Waals surface area contributed by atoms with Crippen LogP contribution in [0.4, 0.5) is 0 Å². The molecule has 0 aliphatic carbocycles. The Labute approximate surface area is 272 Å². The molecule has 0 saturated heterocycles. The highest BCUT2D eigenvalue weighted by atomic mass is 14.3. The lowest BCUT2D eigenvalue weighted by Crippen LogP contribution is -2.10.